The van der Waals surface area contributed by atoms with Gasteiger partial charge in [-0.15, -0.1) is 11.8 Å². The Kier molecular flexibility index (Phi) is 5.82. The van der Waals surface area contributed by atoms with Crippen molar-refractivity contribution in [1.29, 1.82) is 0 Å². The van der Waals surface area contributed by atoms with Crippen LogP contribution in [-0.4, -0.2) is 84.6 Å². The lowest BCUT2D eigenvalue weighted by Gasteiger charge is -2.35. The van der Waals surface area contributed by atoms with E-state index in [2.05, 4.69) is 5.32 Å². The van der Waals surface area contributed by atoms with Crippen LogP contribution in [0.4, 0.5) is 0 Å². The van der Waals surface area contributed by atoms with Crippen molar-refractivity contribution in [3.05, 3.63) is 0 Å². The summed E-state index contributed by atoms with van der Waals surface area (Å²) in [5, 5.41) is 3.60. The lowest BCUT2D eigenvalue weighted by Crippen LogP contribution is -2.49. The number of carbonyl (C=O) groups excluding carboxylic acids is 2. The normalized spacial score (nSPS) is 30.3. The van der Waals surface area contributed by atoms with Gasteiger partial charge in [-0.25, -0.2) is 0 Å². The van der Waals surface area contributed by atoms with E-state index in [1.54, 1.807) is 0 Å². The molecule has 0 radical (unpaired) electrons. The summed E-state index contributed by atoms with van der Waals surface area (Å²) >= 11 is 1.43. The quantitative estimate of drug-likeness (QED) is 0.780. The van der Waals surface area contributed by atoms with Crippen LogP contribution < -0.4 is 5.32 Å². The highest BCUT2D eigenvalue weighted by Crippen LogP contribution is 2.29. The smallest absolute Gasteiger partial charge is 0.232 e. The van der Waals surface area contributed by atoms with Gasteiger partial charge in [0.15, 0.2) is 0 Å². The van der Waals surface area contributed by atoms with Gasteiger partial charge in [-0.05, 0) is 25.7 Å². The summed E-state index contributed by atoms with van der Waals surface area (Å²) in [4.78, 5) is 28.2. The van der Waals surface area contributed by atoms with Gasteiger partial charge in [-0.3, -0.25) is 9.59 Å². The highest BCUT2D eigenvalue weighted by Gasteiger charge is 2.36. The maximum atomic E-state index is 12.4. The van der Waals surface area contributed by atoms with Gasteiger partial charge in [0.25, 0.3) is 0 Å². The third kappa shape index (κ3) is 4.39. The van der Waals surface area contributed by atoms with Crippen molar-refractivity contribution >= 4 is 23.6 Å². The number of morpholine rings is 1. The van der Waals surface area contributed by atoms with Crippen LogP contribution in [0.2, 0.25) is 0 Å². The molecule has 2 unspecified atom stereocenters. The SMILES string of the molecule is CN(C(=O)CSCC(=O)N1CCOCC1)C1CC2CCC(C1)N2. The van der Waals surface area contributed by atoms with E-state index < -0.39 is 0 Å². The first-order valence-corrected chi connectivity index (χ1v) is 9.74. The molecule has 3 aliphatic heterocycles. The zero-order valence-corrected chi connectivity index (χ0v) is 14.6. The van der Waals surface area contributed by atoms with Crippen molar-refractivity contribution in [1.82, 2.24) is 15.1 Å². The maximum Gasteiger partial charge on any atom is 0.232 e. The fourth-order valence-corrected chi connectivity index (χ4v) is 4.62. The fourth-order valence-electron chi connectivity index (χ4n) is 3.78. The van der Waals surface area contributed by atoms with Crippen molar-refractivity contribution < 1.29 is 14.3 Å². The number of piperidine rings is 1. The van der Waals surface area contributed by atoms with E-state index in [1.807, 2.05) is 16.8 Å². The molecule has 0 spiro atoms. The number of fused-ring (bicyclic) bond motifs is 2. The summed E-state index contributed by atoms with van der Waals surface area (Å²) in [5.74, 6) is 1.05. The molecule has 23 heavy (non-hydrogen) atoms. The number of rotatable bonds is 5. The Morgan fingerprint density at radius 2 is 1.83 bits per heavy atom. The number of ether oxygens (including phenoxy) is 1. The Balaban J connectivity index is 1.37. The maximum absolute atomic E-state index is 12.4. The van der Waals surface area contributed by atoms with E-state index in [4.69, 9.17) is 4.74 Å². The van der Waals surface area contributed by atoms with Crippen LogP contribution >= 0.6 is 11.8 Å². The molecule has 2 bridgehead atoms. The van der Waals surface area contributed by atoms with Crippen LogP contribution in [0.15, 0.2) is 0 Å². The predicted molar refractivity (Wildman–Crippen MR) is 90.5 cm³/mol. The molecule has 6 nitrogen and oxygen atoms in total. The van der Waals surface area contributed by atoms with Crippen LogP contribution in [-0.2, 0) is 14.3 Å². The molecular weight excluding hydrogens is 314 g/mol. The Morgan fingerprint density at radius 3 is 2.48 bits per heavy atom. The zero-order chi connectivity index (χ0) is 16.2. The second-order valence-electron chi connectivity index (χ2n) is 6.75. The van der Waals surface area contributed by atoms with Crippen molar-refractivity contribution in [3.8, 4) is 0 Å². The lowest BCUT2D eigenvalue weighted by atomic mass is 9.98. The first-order chi connectivity index (χ1) is 11.1. The highest BCUT2D eigenvalue weighted by atomic mass is 32.2. The summed E-state index contributed by atoms with van der Waals surface area (Å²) in [6.07, 6.45) is 4.62. The molecule has 3 saturated heterocycles. The lowest BCUT2D eigenvalue weighted by molar-refractivity contribution is -0.132. The van der Waals surface area contributed by atoms with Crippen molar-refractivity contribution in [2.45, 2.75) is 43.8 Å². The second kappa shape index (κ2) is 7.85. The summed E-state index contributed by atoms with van der Waals surface area (Å²) < 4.78 is 5.25. The molecule has 3 fully saturated rings. The molecule has 3 aliphatic rings. The van der Waals surface area contributed by atoms with Crippen molar-refractivity contribution in [2.75, 3.05) is 44.9 Å². The minimum atomic E-state index is 0.119. The number of thioether (sulfide) groups is 1. The van der Waals surface area contributed by atoms with Crippen LogP contribution in [0.1, 0.15) is 25.7 Å². The minimum absolute atomic E-state index is 0.119. The predicted octanol–water partition coefficient (Wildman–Crippen LogP) is 0.320. The number of hydrogen-bond acceptors (Lipinski definition) is 5. The van der Waals surface area contributed by atoms with E-state index in [0.717, 1.165) is 12.8 Å². The first-order valence-electron chi connectivity index (χ1n) is 8.58. The highest BCUT2D eigenvalue weighted by molar-refractivity contribution is 8.00. The van der Waals surface area contributed by atoms with Gasteiger partial charge in [0.1, 0.15) is 0 Å². The number of hydrogen-bond donors (Lipinski definition) is 1. The minimum Gasteiger partial charge on any atom is -0.378 e. The van der Waals surface area contributed by atoms with Gasteiger partial charge in [0.05, 0.1) is 24.7 Å². The Labute approximate surface area is 142 Å². The molecular formula is C16H27N3O3S. The molecule has 0 aliphatic carbocycles. The Bertz CT molecular complexity index is 430. The fraction of sp³-hybridized carbons (Fsp3) is 0.875. The largest absolute Gasteiger partial charge is 0.378 e. The topological polar surface area (TPSA) is 61.9 Å². The first kappa shape index (κ1) is 17.0. The number of nitrogens with zero attached hydrogens (tertiary/aromatic N) is 2. The van der Waals surface area contributed by atoms with E-state index in [-0.39, 0.29) is 11.8 Å². The third-order valence-electron chi connectivity index (χ3n) is 5.20. The second-order valence-corrected chi connectivity index (χ2v) is 7.74. The van der Waals surface area contributed by atoms with Crippen molar-refractivity contribution in [3.63, 3.8) is 0 Å². The van der Waals surface area contributed by atoms with E-state index in [0.29, 0.717) is 55.9 Å². The molecule has 130 valence electrons. The zero-order valence-electron chi connectivity index (χ0n) is 13.8. The van der Waals surface area contributed by atoms with E-state index in [9.17, 15) is 9.59 Å². The molecule has 3 heterocycles. The molecule has 3 rings (SSSR count). The molecule has 7 heteroatoms. The average Bonchev–Trinajstić information content (AvgIpc) is 2.92. The Morgan fingerprint density at radius 1 is 1.17 bits per heavy atom. The van der Waals surface area contributed by atoms with Crippen molar-refractivity contribution in [2.24, 2.45) is 0 Å². The van der Waals surface area contributed by atoms with Gasteiger partial charge in [0, 0.05) is 38.3 Å². The standard InChI is InChI=1S/C16H27N3O3S/c1-18(14-8-12-2-3-13(9-14)17-12)15(20)10-23-11-16(21)19-4-6-22-7-5-19/h12-14,17H,2-11H2,1H3. The summed E-state index contributed by atoms with van der Waals surface area (Å²) in [6.45, 7) is 2.59. The number of carbonyl (C=O) groups is 2. The summed E-state index contributed by atoms with van der Waals surface area (Å²) in [6, 6.07) is 1.53. The van der Waals surface area contributed by atoms with Gasteiger partial charge in [-0.2, -0.15) is 0 Å². The summed E-state index contributed by atoms with van der Waals surface area (Å²) in [5.41, 5.74) is 0. The van der Waals surface area contributed by atoms with E-state index in [1.165, 1.54) is 24.6 Å². The van der Waals surface area contributed by atoms with Crippen LogP contribution in [0.3, 0.4) is 0 Å². The molecule has 0 saturated carbocycles. The third-order valence-corrected chi connectivity index (χ3v) is 6.11. The van der Waals surface area contributed by atoms with Gasteiger partial charge < -0.3 is 19.9 Å². The molecule has 1 N–H and O–H groups in total. The van der Waals surface area contributed by atoms with Crippen LogP contribution in [0, 0.1) is 0 Å². The molecule has 2 amide bonds. The number of nitrogens with one attached hydrogen (secondary N) is 1. The molecule has 0 aromatic carbocycles. The number of amides is 2. The monoisotopic (exact) mass is 341 g/mol. The molecule has 2 atom stereocenters. The van der Waals surface area contributed by atoms with Crippen LogP contribution in [0.5, 0.6) is 0 Å². The van der Waals surface area contributed by atoms with Gasteiger partial charge >= 0.3 is 0 Å². The van der Waals surface area contributed by atoms with Gasteiger partial charge in [-0.1, -0.05) is 0 Å². The Hall–Kier alpha value is -0.790. The van der Waals surface area contributed by atoms with Crippen LogP contribution in [0.25, 0.3) is 0 Å². The average molecular weight is 341 g/mol. The molecule has 0 aromatic rings. The summed E-state index contributed by atoms with van der Waals surface area (Å²) in [7, 11) is 1.92. The molecule has 0 aromatic heterocycles. The van der Waals surface area contributed by atoms with E-state index >= 15 is 0 Å². The van der Waals surface area contributed by atoms with Gasteiger partial charge in [0.2, 0.25) is 11.8 Å².